The van der Waals surface area contributed by atoms with E-state index in [2.05, 4.69) is 5.32 Å². The van der Waals surface area contributed by atoms with Gasteiger partial charge in [0.05, 0.1) is 11.1 Å². The zero-order valence-corrected chi connectivity index (χ0v) is 15.6. The van der Waals surface area contributed by atoms with Crippen LogP contribution < -0.4 is 10.1 Å². The molecule has 0 aromatic heterocycles. The predicted octanol–water partition coefficient (Wildman–Crippen LogP) is 4.24. The Morgan fingerprint density at radius 3 is 2.20 bits per heavy atom. The molecule has 150 valence electrons. The molecule has 0 aliphatic carbocycles. The van der Waals surface area contributed by atoms with E-state index in [1.165, 1.54) is 49.5 Å². The van der Waals surface area contributed by atoms with Gasteiger partial charge in [-0.25, -0.2) is 8.78 Å². The molecule has 1 N–H and O–H groups in total. The second-order valence-corrected chi connectivity index (χ2v) is 6.59. The molecule has 3 amide bonds. The molecule has 0 fully saturated rings. The summed E-state index contributed by atoms with van der Waals surface area (Å²) in [5.74, 6) is -2.78. The standard InChI is InChI=1S/C22H14F2N2O4/c1-26-21(28)16-8-4-13(10-17(16)22(26)29)25-20(27)12-2-5-14(6-3-12)30-15-7-9-18(23)19(24)11-15/h2-11H,1H3,(H,25,27). The number of ether oxygens (including phenoxy) is 1. The first-order valence-corrected chi connectivity index (χ1v) is 8.84. The lowest BCUT2D eigenvalue weighted by Gasteiger charge is -2.08. The summed E-state index contributed by atoms with van der Waals surface area (Å²) in [7, 11) is 1.40. The van der Waals surface area contributed by atoms with Gasteiger partial charge < -0.3 is 10.1 Å². The minimum atomic E-state index is -1.02. The fourth-order valence-corrected chi connectivity index (χ4v) is 2.99. The molecule has 30 heavy (non-hydrogen) atoms. The van der Waals surface area contributed by atoms with Gasteiger partial charge in [0.2, 0.25) is 0 Å². The van der Waals surface area contributed by atoms with Crippen molar-refractivity contribution >= 4 is 23.4 Å². The van der Waals surface area contributed by atoms with E-state index in [0.717, 1.165) is 17.0 Å². The lowest BCUT2D eigenvalue weighted by molar-refractivity contribution is 0.0692. The first-order valence-electron chi connectivity index (χ1n) is 8.84. The van der Waals surface area contributed by atoms with Crippen molar-refractivity contribution in [2.75, 3.05) is 12.4 Å². The van der Waals surface area contributed by atoms with Crippen molar-refractivity contribution in [2.45, 2.75) is 0 Å². The maximum absolute atomic E-state index is 13.3. The number of hydrogen-bond donors (Lipinski definition) is 1. The van der Waals surface area contributed by atoms with Crippen LogP contribution in [0.25, 0.3) is 0 Å². The first kappa shape index (κ1) is 19.3. The molecule has 0 bridgehead atoms. The van der Waals surface area contributed by atoms with Gasteiger partial charge in [-0.2, -0.15) is 0 Å². The molecule has 0 saturated carbocycles. The number of rotatable bonds is 4. The van der Waals surface area contributed by atoms with E-state index in [1.54, 1.807) is 6.07 Å². The number of nitrogens with one attached hydrogen (secondary N) is 1. The number of nitrogens with zero attached hydrogens (tertiary/aromatic N) is 1. The van der Waals surface area contributed by atoms with E-state index in [0.29, 0.717) is 22.6 Å². The van der Waals surface area contributed by atoms with Crippen molar-refractivity contribution in [1.29, 1.82) is 0 Å². The van der Waals surface area contributed by atoms with Gasteiger partial charge in [-0.15, -0.1) is 0 Å². The summed E-state index contributed by atoms with van der Waals surface area (Å²) in [6, 6.07) is 13.7. The summed E-state index contributed by atoms with van der Waals surface area (Å²) in [6.07, 6.45) is 0. The van der Waals surface area contributed by atoms with Crippen molar-refractivity contribution in [3.63, 3.8) is 0 Å². The molecule has 0 atom stereocenters. The highest BCUT2D eigenvalue weighted by Gasteiger charge is 2.32. The minimum absolute atomic E-state index is 0.119. The van der Waals surface area contributed by atoms with Crippen molar-refractivity contribution in [2.24, 2.45) is 0 Å². The smallest absolute Gasteiger partial charge is 0.261 e. The summed E-state index contributed by atoms with van der Waals surface area (Å²) in [6.45, 7) is 0. The van der Waals surface area contributed by atoms with Crippen molar-refractivity contribution < 1.29 is 27.9 Å². The fraction of sp³-hybridized carbons (Fsp3) is 0.0455. The maximum atomic E-state index is 13.3. The molecule has 0 spiro atoms. The highest BCUT2D eigenvalue weighted by atomic mass is 19.2. The molecule has 1 aliphatic heterocycles. The van der Waals surface area contributed by atoms with Crippen LogP contribution in [0.3, 0.4) is 0 Å². The van der Waals surface area contributed by atoms with Crippen LogP contribution in [0.15, 0.2) is 60.7 Å². The summed E-state index contributed by atoms with van der Waals surface area (Å²) in [5, 5.41) is 2.67. The van der Waals surface area contributed by atoms with Crippen LogP contribution in [0.5, 0.6) is 11.5 Å². The number of halogens is 2. The molecular weight excluding hydrogens is 394 g/mol. The lowest BCUT2D eigenvalue weighted by Crippen LogP contribution is -2.24. The van der Waals surface area contributed by atoms with Gasteiger partial charge in [0.15, 0.2) is 11.6 Å². The average molecular weight is 408 g/mol. The van der Waals surface area contributed by atoms with Crippen molar-refractivity contribution in [3.05, 3.63) is 89.0 Å². The van der Waals surface area contributed by atoms with Crippen LogP contribution >= 0.6 is 0 Å². The van der Waals surface area contributed by atoms with Crippen LogP contribution in [0.2, 0.25) is 0 Å². The van der Waals surface area contributed by atoms with Crippen molar-refractivity contribution in [3.8, 4) is 11.5 Å². The number of anilines is 1. The number of benzene rings is 3. The average Bonchev–Trinajstić information content (AvgIpc) is 2.95. The number of fused-ring (bicyclic) bond motifs is 1. The number of imide groups is 1. The third kappa shape index (κ3) is 3.50. The van der Waals surface area contributed by atoms with Gasteiger partial charge in [-0.05, 0) is 54.6 Å². The molecule has 3 aromatic carbocycles. The Bertz CT molecular complexity index is 1190. The Kier molecular flexibility index (Phi) is 4.75. The molecule has 8 heteroatoms. The Morgan fingerprint density at radius 2 is 1.50 bits per heavy atom. The van der Waals surface area contributed by atoms with Gasteiger partial charge in [-0.3, -0.25) is 19.3 Å². The van der Waals surface area contributed by atoms with Gasteiger partial charge in [-0.1, -0.05) is 0 Å². The Balaban J connectivity index is 1.46. The quantitative estimate of drug-likeness (QED) is 0.656. The summed E-state index contributed by atoms with van der Waals surface area (Å²) in [5.41, 5.74) is 1.21. The minimum Gasteiger partial charge on any atom is -0.457 e. The number of carbonyl (C=O) groups is 3. The molecule has 1 aliphatic rings. The Labute approximate surface area is 169 Å². The van der Waals surface area contributed by atoms with E-state index in [9.17, 15) is 23.2 Å². The molecule has 0 saturated heterocycles. The van der Waals surface area contributed by atoms with Gasteiger partial charge in [0, 0.05) is 24.4 Å². The van der Waals surface area contributed by atoms with Gasteiger partial charge >= 0.3 is 0 Å². The molecule has 1 heterocycles. The van der Waals surface area contributed by atoms with E-state index >= 15 is 0 Å². The van der Waals surface area contributed by atoms with Crippen LogP contribution in [-0.2, 0) is 0 Å². The number of hydrogen-bond acceptors (Lipinski definition) is 4. The predicted molar refractivity (Wildman–Crippen MR) is 104 cm³/mol. The second kappa shape index (κ2) is 7.40. The van der Waals surface area contributed by atoms with Gasteiger partial charge in [0.1, 0.15) is 11.5 Å². The number of carbonyl (C=O) groups excluding carboxylic acids is 3. The van der Waals surface area contributed by atoms with E-state index in [1.807, 2.05) is 0 Å². The van der Waals surface area contributed by atoms with Crippen molar-refractivity contribution in [1.82, 2.24) is 4.90 Å². The number of amides is 3. The monoisotopic (exact) mass is 408 g/mol. The molecule has 3 aromatic rings. The SMILES string of the molecule is CN1C(=O)c2ccc(NC(=O)c3ccc(Oc4ccc(F)c(F)c4)cc3)cc2C1=O. The molecule has 0 unspecified atom stereocenters. The molecule has 4 rings (SSSR count). The summed E-state index contributed by atoms with van der Waals surface area (Å²) >= 11 is 0. The highest BCUT2D eigenvalue weighted by Crippen LogP contribution is 2.26. The molecular formula is C22H14F2N2O4. The van der Waals surface area contributed by atoms with Crippen LogP contribution in [0, 0.1) is 11.6 Å². The molecule has 6 nitrogen and oxygen atoms in total. The van der Waals surface area contributed by atoms with E-state index < -0.39 is 23.4 Å². The van der Waals surface area contributed by atoms with E-state index in [4.69, 9.17) is 4.74 Å². The Hall–Kier alpha value is -4.07. The second-order valence-electron chi connectivity index (χ2n) is 6.59. The van der Waals surface area contributed by atoms with Crippen LogP contribution in [0.4, 0.5) is 14.5 Å². The third-order valence-corrected chi connectivity index (χ3v) is 4.59. The Morgan fingerprint density at radius 1 is 0.833 bits per heavy atom. The maximum Gasteiger partial charge on any atom is 0.261 e. The zero-order chi connectivity index (χ0) is 21.4. The third-order valence-electron chi connectivity index (χ3n) is 4.59. The topological polar surface area (TPSA) is 75.7 Å². The lowest BCUT2D eigenvalue weighted by atomic mass is 10.1. The van der Waals surface area contributed by atoms with E-state index in [-0.39, 0.29) is 17.2 Å². The van der Waals surface area contributed by atoms with Gasteiger partial charge in [0.25, 0.3) is 17.7 Å². The highest BCUT2D eigenvalue weighted by molar-refractivity contribution is 6.21. The zero-order valence-electron chi connectivity index (χ0n) is 15.6. The largest absolute Gasteiger partial charge is 0.457 e. The summed E-state index contributed by atoms with van der Waals surface area (Å²) < 4.78 is 31.7. The summed E-state index contributed by atoms with van der Waals surface area (Å²) in [4.78, 5) is 37.5. The molecule has 0 radical (unpaired) electrons. The normalized spacial score (nSPS) is 12.7. The van der Waals surface area contributed by atoms with Crippen LogP contribution in [-0.4, -0.2) is 29.7 Å². The first-order chi connectivity index (χ1) is 14.3. The van der Waals surface area contributed by atoms with Crippen LogP contribution in [0.1, 0.15) is 31.1 Å². The fourth-order valence-electron chi connectivity index (χ4n) is 2.99.